The van der Waals surface area contributed by atoms with Crippen LogP contribution < -0.4 is 0 Å². The summed E-state index contributed by atoms with van der Waals surface area (Å²) in [6.45, 7) is 0. The lowest BCUT2D eigenvalue weighted by molar-refractivity contribution is 0.105. The molecule has 0 aliphatic rings. The zero-order valence-corrected chi connectivity index (χ0v) is 11.6. The molecule has 90 valence electrons. The van der Waals surface area contributed by atoms with Gasteiger partial charge in [-0.3, -0.25) is 4.79 Å². The molecule has 0 amide bonds. The lowest BCUT2D eigenvalue weighted by atomic mass is 10.1. The van der Waals surface area contributed by atoms with Crippen LogP contribution in [0.1, 0.15) is 15.9 Å². The minimum absolute atomic E-state index is 0.233. The molecule has 0 N–H and O–H groups in total. The van der Waals surface area contributed by atoms with Gasteiger partial charge in [0.25, 0.3) is 0 Å². The van der Waals surface area contributed by atoms with E-state index >= 15 is 0 Å². The standard InChI is InChI=1S/C17H9BrO/c18-16-11-6-10-15(13-16)17(19)12-5-4-9-14-7-2-1-3-8-14/h1-3,6-8,10-11,13H. The highest BCUT2D eigenvalue weighted by Crippen LogP contribution is 2.11. The van der Waals surface area contributed by atoms with Gasteiger partial charge in [-0.1, -0.05) is 52.2 Å². The molecule has 2 rings (SSSR count). The van der Waals surface area contributed by atoms with Crippen molar-refractivity contribution >= 4 is 21.7 Å². The van der Waals surface area contributed by atoms with E-state index in [2.05, 4.69) is 39.6 Å². The molecule has 2 heteroatoms. The van der Waals surface area contributed by atoms with Gasteiger partial charge in [-0.2, -0.15) is 0 Å². The molecule has 0 aliphatic carbocycles. The molecular weight excluding hydrogens is 300 g/mol. The highest BCUT2D eigenvalue weighted by atomic mass is 79.9. The summed E-state index contributed by atoms with van der Waals surface area (Å²) >= 11 is 3.31. The average Bonchev–Trinajstić information content (AvgIpc) is 2.44. The van der Waals surface area contributed by atoms with Gasteiger partial charge in [0.05, 0.1) is 0 Å². The molecule has 0 unspecified atom stereocenters. The Morgan fingerprint density at radius 3 is 2.47 bits per heavy atom. The first-order chi connectivity index (χ1) is 9.25. The second-order valence-electron chi connectivity index (χ2n) is 3.71. The molecule has 0 atom stereocenters. The van der Waals surface area contributed by atoms with Crippen molar-refractivity contribution in [1.29, 1.82) is 0 Å². The molecule has 2 aromatic rings. The molecule has 1 nitrogen and oxygen atoms in total. The predicted octanol–water partition coefficient (Wildman–Crippen LogP) is 3.69. The number of carbonyl (C=O) groups excluding carboxylic acids is 1. The smallest absolute Gasteiger partial charge is 0.236 e. The molecule has 2 aromatic carbocycles. The van der Waals surface area contributed by atoms with Crippen LogP contribution in [0.3, 0.4) is 0 Å². The van der Waals surface area contributed by atoms with Crippen molar-refractivity contribution in [2.45, 2.75) is 0 Å². The van der Waals surface area contributed by atoms with Crippen molar-refractivity contribution in [1.82, 2.24) is 0 Å². The Balaban J connectivity index is 2.09. The van der Waals surface area contributed by atoms with E-state index in [1.165, 1.54) is 0 Å². The lowest BCUT2D eigenvalue weighted by Crippen LogP contribution is -1.93. The van der Waals surface area contributed by atoms with E-state index in [9.17, 15) is 4.79 Å². The fourth-order valence-corrected chi connectivity index (χ4v) is 1.81. The monoisotopic (exact) mass is 308 g/mol. The number of halogens is 1. The highest BCUT2D eigenvalue weighted by molar-refractivity contribution is 9.10. The maximum absolute atomic E-state index is 11.7. The Kier molecular flexibility index (Phi) is 4.56. The fourth-order valence-electron chi connectivity index (χ4n) is 1.41. The first-order valence-corrected chi connectivity index (χ1v) is 6.42. The van der Waals surface area contributed by atoms with Crippen LogP contribution >= 0.6 is 15.9 Å². The van der Waals surface area contributed by atoms with Crippen LogP contribution in [0.4, 0.5) is 0 Å². The van der Waals surface area contributed by atoms with Gasteiger partial charge >= 0.3 is 0 Å². The van der Waals surface area contributed by atoms with Gasteiger partial charge in [-0.05, 0) is 42.0 Å². The molecule has 19 heavy (non-hydrogen) atoms. The van der Waals surface area contributed by atoms with Crippen LogP contribution in [0, 0.1) is 23.7 Å². The Bertz CT molecular complexity index is 709. The van der Waals surface area contributed by atoms with Crippen molar-refractivity contribution in [3.05, 3.63) is 70.2 Å². The second-order valence-corrected chi connectivity index (χ2v) is 4.62. The molecule has 0 spiro atoms. The van der Waals surface area contributed by atoms with Gasteiger partial charge in [-0.15, -0.1) is 0 Å². The van der Waals surface area contributed by atoms with Crippen molar-refractivity contribution in [3.8, 4) is 23.7 Å². The molecule has 0 saturated carbocycles. The highest BCUT2D eigenvalue weighted by Gasteiger charge is 2.00. The zero-order chi connectivity index (χ0) is 13.5. The first-order valence-electron chi connectivity index (χ1n) is 5.63. The minimum atomic E-state index is -0.233. The third-order valence-electron chi connectivity index (χ3n) is 2.31. The van der Waals surface area contributed by atoms with Gasteiger partial charge in [0.15, 0.2) is 0 Å². The van der Waals surface area contributed by atoms with Crippen LogP contribution in [0.5, 0.6) is 0 Å². The van der Waals surface area contributed by atoms with Crippen molar-refractivity contribution in [2.24, 2.45) is 0 Å². The third kappa shape index (κ3) is 4.14. The molecule has 0 bridgehead atoms. The maximum Gasteiger partial charge on any atom is 0.236 e. The zero-order valence-electron chi connectivity index (χ0n) is 9.98. The summed E-state index contributed by atoms with van der Waals surface area (Å²) in [5.74, 6) is 10.4. The average molecular weight is 309 g/mol. The van der Waals surface area contributed by atoms with Crippen LogP contribution in [-0.4, -0.2) is 5.78 Å². The number of hydrogen-bond acceptors (Lipinski definition) is 1. The van der Waals surface area contributed by atoms with E-state index in [0.29, 0.717) is 5.56 Å². The van der Waals surface area contributed by atoms with E-state index in [1.54, 1.807) is 18.2 Å². The summed E-state index contributed by atoms with van der Waals surface area (Å²) in [4.78, 5) is 11.7. The number of Topliss-reactive ketones (excluding diaryl/α,β-unsaturated/α-hetero) is 1. The number of ketones is 1. The predicted molar refractivity (Wildman–Crippen MR) is 79.6 cm³/mol. The minimum Gasteiger partial charge on any atom is -0.279 e. The second kappa shape index (κ2) is 6.59. The van der Waals surface area contributed by atoms with Gasteiger partial charge in [0.1, 0.15) is 0 Å². The molecule has 0 fully saturated rings. The van der Waals surface area contributed by atoms with Crippen LogP contribution in [-0.2, 0) is 0 Å². The van der Waals surface area contributed by atoms with E-state index in [-0.39, 0.29) is 5.78 Å². The van der Waals surface area contributed by atoms with Crippen molar-refractivity contribution in [2.75, 3.05) is 0 Å². The topological polar surface area (TPSA) is 17.1 Å². The van der Waals surface area contributed by atoms with E-state index < -0.39 is 0 Å². The Morgan fingerprint density at radius 2 is 1.74 bits per heavy atom. The summed E-state index contributed by atoms with van der Waals surface area (Å²) in [5, 5.41) is 0. The summed E-state index contributed by atoms with van der Waals surface area (Å²) in [6.07, 6.45) is 0. The Morgan fingerprint density at radius 1 is 0.947 bits per heavy atom. The molecule has 0 radical (unpaired) electrons. The SMILES string of the molecule is O=C(C#CC#Cc1ccccc1)c1cccc(Br)c1. The maximum atomic E-state index is 11.7. The van der Waals surface area contributed by atoms with Crippen LogP contribution in [0.15, 0.2) is 59.1 Å². The molecule has 0 heterocycles. The third-order valence-corrected chi connectivity index (χ3v) is 2.80. The molecular formula is C17H9BrO. The quantitative estimate of drug-likeness (QED) is 0.446. The largest absolute Gasteiger partial charge is 0.279 e. The number of benzene rings is 2. The van der Waals surface area contributed by atoms with E-state index in [0.717, 1.165) is 10.0 Å². The first kappa shape index (κ1) is 13.1. The van der Waals surface area contributed by atoms with E-state index in [4.69, 9.17) is 0 Å². The van der Waals surface area contributed by atoms with Crippen LogP contribution in [0.2, 0.25) is 0 Å². The van der Waals surface area contributed by atoms with Gasteiger partial charge < -0.3 is 0 Å². The van der Waals surface area contributed by atoms with Crippen molar-refractivity contribution < 1.29 is 4.79 Å². The molecule has 0 saturated heterocycles. The molecule has 0 aliphatic heterocycles. The number of hydrogen-bond donors (Lipinski definition) is 0. The Hall–Kier alpha value is -2.29. The lowest BCUT2D eigenvalue weighted by Gasteiger charge is -1.93. The summed E-state index contributed by atoms with van der Waals surface area (Å²) < 4.78 is 0.857. The number of rotatable bonds is 1. The Labute approximate surface area is 120 Å². The van der Waals surface area contributed by atoms with Gasteiger partial charge in [0, 0.05) is 15.6 Å². The fraction of sp³-hybridized carbons (Fsp3) is 0. The van der Waals surface area contributed by atoms with Crippen molar-refractivity contribution in [3.63, 3.8) is 0 Å². The normalized spacial score (nSPS) is 8.68. The van der Waals surface area contributed by atoms with Crippen LogP contribution in [0.25, 0.3) is 0 Å². The summed E-state index contributed by atoms with van der Waals surface area (Å²) in [5.41, 5.74) is 1.44. The van der Waals surface area contributed by atoms with Gasteiger partial charge in [0.2, 0.25) is 5.78 Å². The summed E-state index contributed by atoms with van der Waals surface area (Å²) in [6, 6.07) is 16.7. The van der Waals surface area contributed by atoms with E-state index in [1.807, 2.05) is 36.4 Å². The summed E-state index contributed by atoms with van der Waals surface area (Å²) in [7, 11) is 0. The van der Waals surface area contributed by atoms with Gasteiger partial charge in [-0.25, -0.2) is 0 Å². The molecule has 0 aromatic heterocycles. The number of carbonyl (C=O) groups is 1.